The molecule has 0 unspecified atom stereocenters. The van der Waals surface area contributed by atoms with Gasteiger partial charge in [-0.2, -0.15) is 0 Å². The fourth-order valence-electron chi connectivity index (χ4n) is 7.60. The summed E-state index contributed by atoms with van der Waals surface area (Å²) >= 11 is 1.63. The molecule has 8 heteroatoms. The minimum atomic E-state index is 0.0117. The highest BCUT2D eigenvalue weighted by molar-refractivity contribution is 7.22. The first-order chi connectivity index (χ1) is 25.1. The Balaban J connectivity index is 1.49. The van der Waals surface area contributed by atoms with E-state index in [0.29, 0.717) is 35.0 Å². The Hall–Kier alpha value is -4.11. The van der Waals surface area contributed by atoms with Crippen molar-refractivity contribution in [1.29, 1.82) is 0 Å². The number of fused-ring (bicyclic) bond motifs is 1. The van der Waals surface area contributed by atoms with Crippen LogP contribution < -0.4 is 18.6 Å². The average Bonchev–Trinajstić information content (AvgIpc) is 3.81. The lowest BCUT2D eigenvalue weighted by Crippen LogP contribution is -2.25. The van der Waals surface area contributed by atoms with Gasteiger partial charge in [-0.15, -0.1) is 11.3 Å². The SMILES string of the molecule is COc1c(O[SiH3])c(C(C)C)c(C(C)C)c(C(=O)c2c(-c3ccc(OCCN4CCCC4)cc3)sc3cc(OCc4ccccc4)ccc23)c1C(C)C. The zero-order chi connectivity index (χ0) is 36.9. The third-order valence-electron chi connectivity index (χ3n) is 10.0. The molecule has 1 fully saturated rings. The van der Waals surface area contributed by atoms with Gasteiger partial charge in [0.1, 0.15) is 30.5 Å². The Morgan fingerprint density at radius 1 is 0.769 bits per heavy atom. The molecule has 2 heterocycles. The van der Waals surface area contributed by atoms with Crippen LogP contribution in [0.3, 0.4) is 0 Å². The molecule has 0 bridgehead atoms. The van der Waals surface area contributed by atoms with Crippen molar-refractivity contribution in [3.05, 3.63) is 106 Å². The Kier molecular flexibility index (Phi) is 12.1. The van der Waals surface area contributed by atoms with Crippen molar-refractivity contribution in [3.63, 3.8) is 0 Å². The molecule has 274 valence electrons. The summed E-state index contributed by atoms with van der Waals surface area (Å²) in [6.07, 6.45) is 2.54. The van der Waals surface area contributed by atoms with Gasteiger partial charge >= 0.3 is 0 Å². The summed E-state index contributed by atoms with van der Waals surface area (Å²) in [5.74, 6) is 3.31. The highest BCUT2D eigenvalue weighted by Gasteiger charge is 2.34. The first kappa shape index (κ1) is 37.6. The van der Waals surface area contributed by atoms with Crippen LogP contribution in [-0.2, 0) is 6.61 Å². The van der Waals surface area contributed by atoms with Crippen molar-refractivity contribution in [2.45, 2.75) is 78.7 Å². The number of carbonyl (C=O) groups is 1. The van der Waals surface area contributed by atoms with Gasteiger partial charge in [-0.25, -0.2) is 0 Å². The number of ether oxygens (including phenoxy) is 3. The molecule has 1 saturated heterocycles. The highest BCUT2D eigenvalue weighted by Crippen LogP contribution is 2.50. The lowest BCUT2D eigenvalue weighted by atomic mass is 9.78. The van der Waals surface area contributed by atoms with Gasteiger partial charge in [-0.1, -0.05) is 71.9 Å². The van der Waals surface area contributed by atoms with Crippen molar-refractivity contribution in [3.8, 4) is 33.4 Å². The number of thiophene rings is 1. The monoisotopic (exact) mass is 735 g/mol. The Morgan fingerprint density at radius 3 is 2.04 bits per heavy atom. The van der Waals surface area contributed by atoms with Crippen LogP contribution in [0.1, 0.15) is 110 Å². The van der Waals surface area contributed by atoms with Gasteiger partial charge in [-0.05, 0) is 103 Å². The number of nitrogens with zero attached hydrogens (tertiary/aromatic N) is 1. The Labute approximate surface area is 316 Å². The Bertz CT molecular complexity index is 2000. The van der Waals surface area contributed by atoms with E-state index < -0.39 is 0 Å². The van der Waals surface area contributed by atoms with Gasteiger partial charge in [-0.3, -0.25) is 9.69 Å². The third-order valence-corrected chi connectivity index (χ3v) is 11.6. The molecule has 0 atom stereocenters. The number of methoxy groups -OCH3 is 1. The van der Waals surface area contributed by atoms with Crippen molar-refractivity contribution in [2.24, 2.45) is 0 Å². The molecular weight excluding hydrogens is 683 g/mol. The summed E-state index contributed by atoms with van der Waals surface area (Å²) in [5.41, 5.74) is 6.54. The van der Waals surface area contributed by atoms with E-state index in [1.54, 1.807) is 18.4 Å². The minimum absolute atomic E-state index is 0.0117. The summed E-state index contributed by atoms with van der Waals surface area (Å²) in [6, 6.07) is 24.5. The van der Waals surface area contributed by atoms with Gasteiger partial charge in [0, 0.05) is 43.8 Å². The van der Waals surface area contributed by atoms with E-state index in [1.165, 1.54) is 12.8 Å². The maximum Gasteiger partial charge on any atom is 0.204 e. The van der Waals surface area contributed by atoms with Gasteiger partial charge in [0.2, 0.25) is 10.5 Å². The van der Waals surface area contributed by atoms with Crippen LogP contribution in [0.25, 0.3) is 20.5 Å². The lowest BCUT2D eigenvalue weighted by Gasteiger charge is -2.29. The second kappa shape index (κ2) is 16.7. The van der Waals surface area contributed by atoms with Crippen molar-refractivity contribution in [2.75, 3.05) is 33.4 Å². The van der Waals surface area contributed by atoms with Crippen LogP contribution in [-0.4, -0.2) is 54.5 Å². The number of carbonyl (C=O) groups excluding carboxylic acids is 1. The second-order valence-corrected chi connectivity index (χ2v) is 16.1. The number of likely N-dealkylation sites (tertiary alicyclic amines) is 1. The van der Waals surface area contributed by atoms with E-state index in [9.17, 15) is 0 Å². The smallest absolute Gasteiger partial charge is 0.204 e. The molecular formula is C44H53NO5SSi. The topological polar surface area (TPSA) is 57.2 Å². The van der Waals surface area contributed by atoms with Crippen LogP contribution in [0.5, 0.6) is 23.0 Å². The maximum absolute atomic E-state index is 15.6. The van der Waals surface area contributed by atoms with Crippen molar-refractivity contribution < 1.29 is 23.4 Å². The zero-order valence-corrected chi connectivity index (χ0v) is 34.8. The quantitative estimate of drug-likeness (QED) is 0.0789. The molecule has 1 aliphatic heterocycles. The molecule has 6 rings (SSSR count). The number of hydrogen-bond donors (Lipinski definition) is 0. The fourth-order valence-corrected chi connectivity index (χ4v) is 9.24. The van der Waals surface area contributed by atoms with E-state index in [1.807, 2.05) is 36.4 Å². The van der Waals surface area contributed by atoms with E-state index >= 15 is 4.79 Å². The van der Waals surface area contributed by atoms with E-state index in [2.05, 4.69) is 82.8 Å². The molecule has 0 N–H and O–H groups in total. The van der Waals surface area contributed by atoms with Gasteiger partial charge in [0.05, 0.1) is 7.11 Å². The predicted molar refractivity (Wildman–Crippen MR) is 218 cm³/mol. The van der Waals surface area contributed by atoms with Crippen molar-refractivity contribution >= 4 is 37.7 Å². The molecule has 1 aromatic heterocycles. The average molecular weight is 736 g/mol. The van der Waals surface area contributed by atoms with Crippen LogP contribution in [0.4, 0.5) is 0 Å². The van der Waals surface area contributed by atoms with E-state index in [4.69, 9.17) is 18.6 Å². The molecule has 0 radical (unpaired) electrons. The Morgan fingerprint density at radius 2 is 1.42 bits per heavy atom. The molecule has 4 aromatic carbocycles. The third kappa shape index (κ3) is 7.80. The second-order valence-electron chi connectivity index (χ2n) is 14.6. The number of ketones is 1. The van der Waals surface area contributed by atoms with Gasteiger partial charge in [0.15, 0.2) is 11.5 Å². The summed E-state index contributed by atoms with van der Waals surface area (Å²) in [7, 11) is 2.20. The lowest BCUT2D eigenvalue weighted by molar-refractivity contribution is 0.103. The summed E-state index contributed by atoms with van der Waals surface area (Å²) in [6.45, 7) is 17.3. The van der Waals surface area contributed by atoms with Crippen molar-refractivity contribution in [1.82, 2.24) is 4.90 Å². The molecule has 1 aliphatic rings. The standard InChI is InChI=1S/C44H53NO5SSi/c1-27(2)36-37(28(3)4)43(50-52)42(47-7)38(29(5)6)40(36)41(46)39-34-20-19-33(49-26-30-13-9-8-10-14-30)25-35(34)51-44(39)31-15-17-32(18-16-31)48-24-23-45-21-11-12-22-45/h8-10,13-20,25,27-29H,11-12,21-24,26H2,1-7,52H3. The molecule has 0 spiro atoms. The number of hydrogen-bond acceptors (Lipinski definition) is 7. The molecule has 0 saturated carbocycles. The van der Waals surface area contributed by atoms with Crippen LogP contribution in [0, 0.1) is 0 Å². The molecule has 52 heavy (non-hydrogen) atoms. The summed E-state index contributed by atoms with van der Waals surface area (Å²) in [5, 5.41) is 0.917. The van der Waals surface area contributed by atoms with Gasteiger partial charge < -0.3 is 18.6 Å². The molecule has 6 nitrogen and oxygen atoms in total. The zero-order valence-electron chi connectivity index (χ0n) is 32.0. The minimum Gasteiger partial charge on any atom is -0.550 e. The summed E-state index contributed by atoms with van der Waals surface area (Å²) in [4.78, 5) is 19.0. The van der Waals surface area contributed by atoms with Gasteiger partial charge in [0.25, 0.3) is 0 Å². The van der Waals surface area contributed by atoms with Crippen LogP contribution in [0.15, 0.2) is 72.8 Å². The highest BCUT2D eigenvalue weighted by atomic mass is 32.1. The predicted octanol–water partition coefficient (Wildman–Crippen LogP) is 9.89. The fraction of sp³-hybridized carbons (Fsp3) is 0.386. The van der Waals surface area contributed by atoms with Crippen LogP contribution >= 0.6 is 11.3 Å². The van der Waals surface area contributed by atoms with E-state index in [0.717, 1.165) is 85.2 Å². The molecule has 0 amide bonds. The first-order valence-electron chi connectivity index (χ1n) is 18.7. The molecule has 5 aromatic rings. The maximum atomic E-state index is 15.6. The first-order valence-corrected chi connectivity index (χ1v) is 20.3. The number of rotatable bonds is 15. The number of benzene rings is 4. The summed E-state index contributed by atoms with van der Waals surface area (Å²) < 4.78 is 25.8. The van der Waals surface area contributed by atoms with E-state index in [-0.39, 0.29) is 23.5 Å². The largest absolute Gasteiger partial charge is 0.550 e. The molecule has 0 aliphatic carbocycles. The normalized spacial score (nSPS) is 13.5. The van der Waals surface area contributed by atoms with Crippen LogP contribution in [0.2, 0.25) is 0 Å².